The third-order valence-corrected chi connectivity index (χ3v) is 4.83. The number of aryl methyl sites for hydroxylation is 2. The van der Waals surface area contributed by atoms with Gasteiger partial charge in [-0.05, 0) is 51.0 Å². The summed E-state index contributed by atoms with van der Waals surface area (Å²) in [5, 5.41) is 2.96. The van der Waals surface area contributed by atoms with Crippen molar-refractivity contribution in [2.45, 2.75) is 27.7 Å². The number of hydrogen-bond acceptors (Lipinski definition) is 3. The van der Waals surface area contributed by atoms with E-state index in [1.165, 1.54) is 11.1 Å². The number of urea groups is 1. The Morgan fingerprint density at radius 2 is 1.68 bits per heavy atom. The Balaban J connectivity index is 1.80. The summed E-state index contributed by atoms with van der Waals surface area (Å²) in [6.45, 7) is 12.7. The lowest BCUT2D eigenvalue weighted by molar-refractivity contribution is -0.117. The van der Waals surface area contributed by atoms with Gasteiger partial charge in [0.1, 0.15) is 0 Å². The fraction of sp³-hybridized carbons (Fsp3) is 0.579. The molecule has 0 bridgehead atoms. The van der Waals surface area contributed by atoms with E-state index in [9.17, 15) is 9.59 Å². The Morgan fingerprint density at radius 1 is 1.04 bits per heavy atom. The highest BCUT2D eigenvalue weighted by molar-refractivity contribution is 5.92. The molecule has 0 aromatic heterocycles. The minimum atomic E-state index is -0.00762. The maximum absolute atomic E-state index is 12.3. The lowest BCUT2D eigenvalue weighted by Gasteiger charge is -2.36. The Hall–Kier alpha value is -2.08. The van der Waals surface area contributed by atoms with E-state index >= 15 is 0 Å². The molecule has 0 radical (unpaired) electrons. The van der Waals surface area contributed by atoms with Crippen LogP contribution in [0.15, 0.2) is 18.2 Å². The summed E-state index contributed by atoms with van der Waals surface area (Å²) in [4.78, 5) is 30.4. The Labute approximate surface area is 150 Å². The van der Waals surface area contributed by atoms with Gasteiger partial charge in [-0.2, -0.15) is 0 Å². The van der Waals surface area contributed by atoms with Crippen molar-refractivity contribution in [3.63, 3.8) is 0 Å². The first kappa shape index (κ1) is 19.2. The van der Waals surface area contributed by atoms with Gasteiger partial charge in [0.2, 0.25) is 5.91 Å². The normalized spacial score (nSPS) is 15.1. The van der Waals surface area contributed by atoms with Crippen molar-refractivity contribution in [3.8, 4) is 0 Å². The molecule has 1 saturated heterocycles. The molecule has 0 saturated carbocycles. The highest BCUT2D eigenvalue weighted by Crippen LogP contribution is 2.14. The molecule has 25 heavy (non-hydrogen) atoms. The first-order chi connectivity index (χ1) is 11.9. The van der Waals surface area contributed by atoms with Gasteiger partial charge in [0.05, 0.1) is 6.54 Å². The number of carbonyl (C=O) groups is 2. The molecule has 1 aromatic rings. The summed E-state index contributed by atoms with van der Waals surface area (Å²) in [7, 11) is 0. The number of nitrogens with one attached hydrogen (secondary N) is 1. The summed E-state index contributed by atoms with van der Waals surface area (Å²) in [5.41, 5.74) is 3.22. The van der Waals surface area contributed by atoms with Gasteiger partial charge in [0.25, 0.3) is 0 Å². The molecule has 0 atom stereocenters. The molecular formula is C19H30N4O2. The van der Waals surface area contributed by atoms with Crippen LogP contribution in [0.5, 0.6) is 0 Å². The minimum absolute atomic E-state index is 0.00762. The summed E-state index contributed by atoms with van der Waals surface area (Å²) in [5.74, 6) is -0.00762. The largest absolute Gasteiger partial charge is 0.325 e. The Morgan fingerprint density at radius 3 is 2.24 bits per heavy atom. The molecule has 1 aromatic carbocycles. The smallest absolute Gasteiger partial charge is 0.320 e. The molecule has 6 nitrogen and oxygen atoms in total. The number of benzene rings is 1. The van der Waals surface area contributed by atoms with E-state index in [1.54, 1.807) is 0 Å². The van der Waals surface area contributed by atoms with Crippen LogP contribution >= 0.6 is 0 Å². The summed E-state index contributed by atoms with van der Waals surface area (Å²) >= 11 is 0. The number of carbonyl (C=O) groups excluding carboxylic acids is 2. The van der Waals surface area contributed by atoms with Gasteiger partial charge in [-0.3, -0.25) is 9.69 Å². The molecule has 1 heterocycles. The van der Waals surface area contributed by atoms with Crippen molar-refractivity contribution < 1.29 is 9.59 Å². The molecular weight excluding hydrogens is 316 g/mol. The SMILES string of the molecule is CCN(CC)C(=O)N1CCN(CC(=O)Nc2ccc(C)c(C)c2)CC1. The van der Waals surface area contributed by atoms with Crippen molar-refractivity contribution in [3.05, 3.63) is 29.3 Å². The third kappa shape index (κ3) is 5.19. The van der Waals surface area contributed by atoms with Crippen LogP contribution in [0.4, 0.5) is 10.5 Å². The van der Waals surface area contributed by atoms with E-state index in [-0.39, 0.29) is 11.9 Å². The average Bonchev–Trinajstić information content (AvgIpc) is 2.59. The van der Waals surface area contributed by atoms with Crippen molar-refractivity contribution in [2.75, 3.05) is 51.1 Å². The van der Waals surface area contributed by atoms with Crippen LogP contribution in [0, 0.1) is 13.8 Å². The molecule has 0 spiro atoms. The van der Waals surface area contributed by atoms with Crippen LogP contribution in [-0.2, 0) is 4.79 Å². The number of nitrogens with zero attached hydrogens (tertiary/aromatic N) is 3. The van der Waals surface area contributed by atoms with Gasteiger partial charge in [-0.1, -0.05) is 6.07 Å². The van der Waals surface area contributed by atoms with Gasteiger partial charge in [-0.25, -0.2) is 4.79 Å². The predicted molar refractivity (Wildman–Crippen MR) is 101 cm³/mol. The summed E-state index contributed by atoms with van der Waals surface area (Å²) < 4.78 is 0. The van der Waals surface area contributed by atoms with Crippen LogP contribution in [0.25, 0.3) is 0 Å². The van der Waals surface area contributed by atoms with Gasteiger partial charge in [0.15, 0.2) is 0 Å². The van der Waals surface area contributed by atoms with E-state index < -0.39 is 0 Å². The van der Waals surface area contributed by atoms with Crippen molar-refractivity contribution in [1.29, 1.82) is 0 Å². The van der Waals surface area contributed by atoms with Crippen LogP contribution in [0.1, 0.15) is 25.0 Å². The second-order valence-corrected chi connectivity index (χ2v) is 6.57. The standard InChI is InChI=1S/C19H30N4O2/c1-5-22(6-2)19(25)23-11-9-21(10-12-23)14-18(24)20-17-8-7-15(3)16(4)13-17/h7-8,13H,5-6,9-12,14H2,1-4H3,(H,20,24). The fourth-order valence-electron chi connectivity index (χ4n) is 3.01. The molecule has 138 valence electrons. The molecule has 1 aliphatic rings. The quantitative estimate of drug-likeness (QED) is 0.890. The van der Waals surface area contributed by atoms with Gasteiger partial charge in [-0.15, -0.1) is 0 Å². The molecule has 1 fully saturated rings. The number of rotatable bonds is 5. The Kier molecular flexibility index (Phi) is 6.82. The monoisotopic (exact) mass is 346 g/mol. The molecule has 3 amide bonds. The van der Waals surface area contributed by atoms with E-state index in [1.807, 2.05) is 48.8 Å². The number of anilines is 1. The van der Waals surface area contributed by atoms with Gasteiger partial charge >= 0.3 is 6.03 Å². The fourth-order valence-corrected chi connectivity index (χ4v) is 3.01. The zero-order valence-electron chi connectivity index (χ0n) is 15.8. The topological polar surface area (TPSA) is 55.9 Å². The number of hydrogen-bond donors (Lipinski definition) is 1. The van der Waals surface area contributed by atoms with Crippen molar-refractivity contribution in [2.24, 2.45) is 0 Å². The summed E-state index contributed by atoms with van der Waals surface area (Å²) in [6, 6.07) is 6.04. The predicted octanol–water partition coefficient (Wildman–Crippen LogP) is 2.32. The zero-order chi connectivity index (χ0) is 18.4. The van der Waals surface area contributed by atoms with Gasteiger partial charge in [0, 0.05) is 45.0 Å². The van der Waals surface area contributed by atoms with Crippen LogP contribution < -0.4 is 5.32 Å². The second kappa shape index (κ2) is 8.85. The molecule has 2 rings (SSSR count). The van der Waals surface area contributed by atoms with Crippen molar-refractivity contribution >= 4 is 17.6 Å². The number of piperazine rings is 1. The Bertz CT molecular complexity index is 605. The second-order valence-electron chi connectivity index (χ2n) is 6.57. The minimum Gasteiger partial charge on any atom is -0.325 e. The van der Waals surface area contributed by atoms with Crippen LogP contribution in [-0.4, -0.2) is 72.5 Å². The molecule has 1 aliphatic heterocycles. The number of amides is 3. The molecule has 1 N–H and O–H groups in total. The van der Waals surface area contributed by atoms with E-state index in [2.05, 4.69) is 17.1 Å². The van der Waals surface area contributed by atoms with Crippen LogP contribution in [0.3, 0.4) is 0 Å². The first-order valence-corrected chi connectivity index (χ1v) is 9.07. The molecule has 6 heteroatoms. The van der Waals surface area contributed by atoms with E-state index in [4.69, 9.17) is 0 Å². The average molecular weight is 346 g/mol. The molecule has 0 unspecified atom stereocenters. The lowest BCUT2D eigenvalue weighted by Crippen LogP contribution is -2.53. The summed E-state index contributed by atoms with van der Waals surface area (Å²) in [6.07, 6.45) is 0. The third-order valence-electron chi connectivity index (χ3n) is 4.83. The highest BCUT2D eigenvalue weighted by atomic mass is 16.2. The lowest BCUT2D eigenvalue weighted by atomic mass is 10.1. The molecule has 0 aliphatic carbocycles. The maximum atomic E-state index is 12.3. The van der Waals surface area contributed by atoms with E-state index in [0.717, 1.165) is 31.9 Å². The van der Waals surface area contributed by atoms with Gasteiger partial charge < -0.3 is 15.1 Å². The van der Waals surface area contributed by atoms with E-state index in [0.29, 0.717) is 19.6 Å². The zero-order valence-corrected chi connectivity index (χ0v) is 15.8. The first-order valence-electron chi connectivity index (χ1n) is 9.07. The van der Waals surface area contributed by atoms with Crippen molar-refractivity contribution in [1.82, 2.24) is 14.7 Å². The van der Waals surface area contributed by atoms with Crippen LogP contribution in [0.2, 0.25) is 0 Å². The maximum Gasteiger partial charge on any atom is 0.320 e. The highest BCUT2D eigenvalue weighted by Gasteiger charge is 2.24.